The zero-order valence-corrected chi connectivity index (χ0v) is 17.1. The maximum atomic E-state index is 14.0. The van der Waals surface area contributed by atoms with Crippen LogP contribution in [0.1, 0.15) is 0 Å². The fourth-order valence-corrected chi connectivity index (χ4v) is 4.52. The Morgan fingerprint density at radius 1 is 0.967 bits per heavy atom. The third kappa shape index (κ3) is 3.45. The summed E-state index contributed by atoms with van der Waals surface area (Å²) in [4.78, 5) is 9.79. The van der Waals surface area contributed by atoms with Crippen molar-refractivity contribution in [2.75, 3.05) is 43.1 Å². The maximum absolute atomic E-state index is 14.0. The number of ether oxygens (including phenoxy) is 1. The Kier molecular flexibility index (Phi) is 4.74. The van der Waals surface area contributed by atoms with Gasteiger partial charge in [0.25, 0.3) is 0 Å². The number of piperazine rings is 1. The summed E-state index contributed by atoms with van der Waals surface area (Å²) >= 11 is 1.52. The molecule has 30 heavy (non-hydrogen) atoms. The zero-order chi connectivity index (χ0) is 20.7. The lowest BCUT2D eigenvalue weighted by atomic mass is 10.2. The summed E-state index contributed by atoms with van der Waals surface area (Å²) in [6, 6.07) is 11.3. The Hall–Kier alpha value is -3.20. The summed E-state index contributed by atoms with van der Waals surface area (Å²) in [6.45, 7) is 3.12. The van der Waals surface area contributed by atoms with Gasteiger partial charge in [0.2, 0.25) is 10.1 Å². The molecule has 0 amide bonds. The number of halogens is 2. The molecule has 4 aromatic rings. The molecule has 1 aliphatic heterocycles. The molecule has 6 nitrogen and oxygen atoms in total. The Morgan fingerprint density at radius 2 is 1.70 bits per heavy atom. The van der Waals surface area contributed by atoms with Crippen LogP contribution in [0.3, 0.4) is 0 Å². The number of rotatable bonds is 4. The van der Waals surface area contributed by atoms with Crippen LogP contribution in [0.15, 0.2) is 48.7 Å². The van der Waals surface area contributed by atoms with E-state index in [1.54, 1.807) is 22.7 Å². The third-order valence-electron chi connectivity index (χ3n) is 5.22. The minimum absolute atomic E-state index is 0.253. The molecule has 3 heterocycles. The van der Waals surface area contributed by atoms with Crippen LogP contribution in [0.2, 0.25) is 0 Å². The lowest BCUT2D eigenvalue weighted by Gasteiger charge is -2.35. The van der Waals surface area contributed by atoms with E-state index in [4.69, 9.17) is 4.74 Å². The van der Waals surface area contributed by atoms with Crippen LogP contribution in [-0.2, 0) is 0 Å². The van der Waals surface area contributed by atoms with Gasteiger partial charge in [-0.05, 0) is 36.4 Å². The van der Waals surface area contributed by atoms with Crippen molar-refractivity contribution in [1.82, 2.24) is 14.6 Å². The van der Waals surface area contributed by atoms with Crippen molar-refractivity contribution in [3.05, 3.63) is 60.3 Å². The average molecular weight is 427 g/mol. The highest BCUT2D eigenvalue weighted by atomic mass is 32.1. The van der Waals surface area contributed by atoms with E-state index in [2.05, 4.69) is 19.9 Å². The predicted molar refractivity (Wildman–Crippen MR) is 114 cm³/mol. The molecule has 0 atom stereocenters. The first-order valence-electron chi connectivity index (χ1n) is 9.56. The molecular weight excluding hydrogens is 408 g/mol. The van der Waals surface area contributed by atoms with E-state index in [1.165, 1.54) is 36.6 Å². The average Bonchev–Trinajstić information content (AvgIpc) is 3.34. The second kappa shape index (κ2) is 7.56. The van der Waals surface area contributed by atoms with Crippen molar-refractivity contribution in [3.63, 3.8) is 0 Å². The number of hydrogen-bond donors (Lipinski definition) is 0. The molecule has 5 rings (SSSR count). The SMILES string of the molecule is COc1ccc(N2CCN(c3nn4cc(-c5ccc(F)cc5)nc4s3)CC2)cc1F. The summed E-state index contributed by atoms with van der Waals surface area (Å²) in [7, 11) is 1.46. The quantitative estimate of drug-likeness (QED) is 0.491. The van der Waals surface area contributed by atoms with Gasteiger partial charge in [0.15, 0.2) is 11.6 Å². The van der Waals surface area contributed by atoms with Crippen LogP contribution in [0.5, 0.6) is 5.75 Å². The van der Waals surface area contributed by atoms with E-state index >= 15 is 0 Å². The number of methoxy groups -OCH3 is 1. The molecule has 2 aromatic carbocycles. The Morgan fingerprint density at radius 3 is 2.37 bits per heavy atom. The van der Waals surface area contributed by atoms with Crippen LogP contribution < -0.4 is 14.5 Å². The monoisotopic (exact) mass is 427 g/mol. The Labute approximate surface area is 175 Å². The zero-order valence-electron chi connectivity index (χ0n) is 16.3. The van der Waals surface area contributed by atoms with Crippen molar-refractivity contribution >= 4 is 27.1 Å². The van der Waals surface area contributed by atoms with Gasteiger partial charge in [-0.2, -0.15) is 0 Å². The molecule has 1 aliphatic rings. The van der Waals surface area contributed by atoms with Gasteiger partial charge in [-0.1, -0.05) is 11.3 Å². The van der Waals surface area contributed by atoms with Crippen LogP contribution in [0.4, 0.5) is 19.6 Å². The molecule has 0 unspecified atom stereocenters. The first-order chi connectivity index (χ1) is 14.6. The summed E-state index contributed by atoms with van der Waals surface area (Å²) in [5.41, 5.74) is 2.48. The molecule has 0 aliphatic carbocycles. The normalized spacial score (nSPS) is 14.5. The van der Waals surface area contributed by atoms with Crippen molar-refractivity contribution in [1.29, 1.82) is 0 Å². The minimum Gasteiger partial charge on any atom is -0.494 e. The van der Waals surface area contributed by atoms with Crippen molar-refractivity contribution < 1.29 is 13.5 Å². The largest absolute Gasteiger partial charge is 0.494 e. The van der Waals surface area contributed by atoms with Crippen LogP contribution in [0.25, 0.3) is 16.2 Å². The fraction of sp³-hybridized carbons (Fsp3) is 0.238. The number of nitrogens with zero attached hydrogens (tertiary/aromatic N) is 5. The van der Waals surface area contributed by atoms with Crippen LogP contribution in [-0.4, -0.2) is 47.9 Å². The lowest BCUT2D eigenvalue weighted by molar-refractivity contribution is 0.386. The van der Waals surface area contributed by atoms with E-state index < -0.39 is 0 Å². The number of imidazole rings is 1. The minimum atomic E-state index is -0.351. The maximum Gasteiger partial charge on any atom is 0.214 e. The summed E-state index contributed by atoms with van der Waals surface area (Å²) in [5.74, 6) is -0.365. The fourth-order valence-electron chi connectivity index (χ4n) is 3.59. The van der Waals surface area contributed by atoms with E-state index in [1.807, 2.05) is 12.3 Å². The highest BCUT2D eigenvalue weighted by Gasteiger charge is 2.22. The number of benzene rings is 2. The highest BCUT2D eigenvalue weighted by Crippen LogP contribution is 2.29. The van der Waals surface area contributed by atoms with Gasteiger partial charge in [-0.25, -0.2) is 18.3 Å². The standard InChI is InChI=1S/C21H19F2N5OS/c1-29-19-7-6-16(12-17(19)23)26-8-10-27(11-9-26)21-25-28-13-18(24-20(28)30-21)14-2-4-15(22)5-3-14/h2-7,12-13H,8-11H2,1H3. The Balaban J connectivity index is 1.28. The first kappa shape index (κ1) is 18.8. The van der Waals surface area contributed by atoms with Crippen molar-refractivity contribution in [2.45, 2.75) is 0 Å². The highest BCUT2D eigenvalue weighted by molar-refractivity contribution is 7.20. The molecule has 2 aromatic heterocycles. The molecule has 0 saturated carbocycles. The Bertz CT molecular complexity index is 1150. The van der Waals surface area contributed by atoms with Gasteiger partial charge < -0.3 is 14.5 Å². The molecule has 9 heteroatoms. The first-order valence-corrected chi connectivity index (χ1v) is 10.4. The molecule has 0 spiro atoms. The van der Waals surface area contributed by atoms with Gasteiger partial charge in [-0.15, -0.1) is 5.10 Å². The van der Waals surface area contributed by atoms with E-state index in [9.17, 15) is 8.78 Å². The van der Waals surface area contributed by atoms with Crippen molar-refractivity contribution in [2.24, 2.45) is 0 Å². The molecule has 1 fully saturated rings. The molecule has 1 saturated heterocycles. The van der Waals surface area contributed by atoms with E-state index in [0.717, 1.165) is 53.2 Å². The smallest absolute Gasteiger partial charge is 0.214 e. The molecule has 0 N–H and O–H groups in total. The summed E-state index contributed by atoms with van der Waals surface area (Å²) in [5, 5.41) is 5.57. The molecule has 154 valence electrons. The van der Waals surface area contributed by atoms with Crippen molar-refractivity contribution in [3.8, 4) is 17.0 Å². The van der Waals surface area contributed by atoms with E-state index in [-0.39, 0.29) is 17.4 Å². The molecule has 0 bridgehead atoms. The summed E-state index contributed by atoms with van der Waals surface area (Å²) in [6.07, 6.45) is 1.86. The topological polar surface area (TPSA) is 45.9 Å². The second-order valence-corrected chi connectivity index (χ2v) is 7.97. The van der Waals surface area contributed by atoms with Gasteiger partial charge in [0.05, 0.1) is 19.0 Å². The number of hydrogen-bond acceptors (Lipinski definition) is 6. The summed E-state index contributed by atoms with van der Waals surface area (Å²) < 4.78 is 33.9. The van der Waals surface area contributed by atoms with E-state index in [0.29, 0.717) is 0 Å². The van der Waals surface area contributed by atoms with Gasteiger partial charge in [0, 0.05) is 43.5 Å². The lowest BCUT2D eigenvalue weighted by Crippen LogP contribution is -2.46. The van der Waals surface area contributed by atoms with Crippen LogP contribution >= 0.6 is 11.3 Å². The molecular formula is C21H19F2N5OS. The van der Waals surface area contributed by atoms with Gasteiger partial charge >= 0.3 is 0 Å². The third-order valence-corrected chi connectivity index (χ3v) is 6.21. The number of aromatic nitrogens is 3. The van der Waals surface area contributed by atoms with Gasteiger partial charge in [0.1, 0.15) is 5.82 Å². The van der Waals surface area contributed by atoms with Gasteiger partial charge in [-0.3, -0.25) is 0 Å². The number of anilines is 2. The van der Waals surface area contributed by atoms with Crippen LogP contribution in [0, 0.1) is 11.6 Å². The second-order valence-electron chi connectivity index (χ2n) is 7.04. The number of fused-ring (bicyclic) bond motifs is 1. The predicted octanol–water partition coefficient (Wildman–Crippen LogP) is 4.07. The molecule has 0 radical (unpaired) electrons.